The van der Waals surface area contributed by atoms with E-state index in [-0.39, 0.29) is 16.9 Å². The Bertz CT molecular complexity index is 1800. The average molecular weight is 655 g/mol. The molecule has 5 aromatic rings. The Morgan fingerprint density at radius 1 is 0.933 bits per heavy atom. The molecule has 0 fully saturated rings. The van der Waals surface area contributed by atoms with Crippen LogP contribution in [0.4, 0.5) is 10.8 Å². The molecule has 3 aromatic carbocycles. The Kier molecular flexibility index (Phi) is 10.8. The summed E-state index contributed by atoms with van der Waals surface area (Å²) >= 11 is 4.39. The highest BCUT2D eigenvalue weighted by atomic mass is 32.2. The quantitative estimate of drug-likeness (QED) is 0.0936. The highest BCUT2D eigenvalue weighted by Gasteiger charge is 2.21. The van der Waals surface area contributed by atoms with Crippen molar-refractivity contribution in [1.82, 2.24) is 10.3 Å². The molecular formula is C34H30N4O4S3. The molecule has 0 radical (unpaired) electrons. The number of amides is 3. The summed E-state index contributed by atoms with van der Waals surface area (Å²) in [5.41, 5.74) is 2.44. The number of rotatable bonds is 12. The largest absolute Gasteiger partial charge is 0.496 e. The molecule has 3 N–H and O–H groups in total. The lowest BCUT2D eigenvalue weighted by Gasteiger charge is -2.15. The van der Waals surface area contributed by atoms with Gasteiger partial charge in [-0.15, -0.1) is 34.4 Å². The van der Waals surface area contributed by atoms with E-state index in [1.807, 2.05) is 60.1 Å². The zero-order valence-corrected chi connectivity index (χ0v) is 26.9. The second-order valence-corrected chi connectivity index (χ2v) is 12.7. The molecule has 8 nitrogen and oxygen atoms in total. The third-order valence-electron chi connectivity index (χ3n) is 6.51. The third-order valence-corrected chi connectivity index (χ3v) is 9.52. The number of thiophene rings is 1. The van der Waals surface area contributed by atoms with Crippen LogP contribution in [0, 0.1) is 0 Å². The summed E-state index contributed by atoms with van der Waals surface area (Å²) < 4.78 is 5.44. The maximum atomic E-state index is 13.6. The summed E-state index contributed by atoms with van der Waals surface area (Å²) in [6, 6.07) is 27.1. The number of benzene rings is 3. The van der Waals surface area contributed by atoms with Gasteiger partial charge >= 0.3 is 0 Å². The van der Waals surface area contributed by atoms with Crippen LogP contribution in [0.1, 0.15) is 29.3 Å². The number of ether oxygens (including phenoxy) is 1. The SMILES string of the molecule is CCC(Sc1cccc(NC(=O)/C(=C\c2ccccc2OC)NC(=O)c2ccccc2)c1)C(=O)Nc1nc(-c2cccs2)cs1. The molecular weight excluding hydrogens is 625 g/mol. The molecule has 11 heteroatoms. The number of aromatic nitrogens is 1. The third kappa shape index (κ3) is 8.48. The summed E-state index contributed by atoms with van der Waals surface area (Å²) in [6.07, 6.45) is 2.17. The van der Waals surface area contributed by atoms with Gasteiger partial charge in [-0.2, -0.15) is 0 Å². The molecule has 0 saturated heterocycles. The van der Waals surface area contributed by atoms with Gasteiger partial charge in [0.1, 0.15) is 11.4 Å². The smallest absolute Gasteiger partial charge is 0.272 e. The molecule has 0 spiro atoms. The first-order chi connectivity index (χ1) is 21.9. The minimum Gasteiger partial charge on any atom is -0.496 e. The predicted molar refractivity (Wildman–Crippen MR) is 184 cm³/mol. The van der Waals surface area contributed by atoms with Crippen molar-refractivity contribution in [2.75, 3.05) is 17.7 Å². The van der Waals surface area contributed by atoms with Crippen molar-refractivity contribution >= 4 is 69.1 Å². The monoisotopic (exact) mass is 654 g/mol. The van der Waals surface area contributed by atoms with Crippen LogP contribution in [0.15, 0.2) is 112 Å². The van der Waals surface area contributed by atoms with Crippen molar-refractivity contribution in [3.63, 3.8) is 0 Å². The Morgan fingerprint density at radius 3 is 2.49 bits per heavy atom. The average Bonchev–Trinajstić information content (AvgIpc) is 3.77. The van der Waals surface area contributed by atoms with Gasteiger partial charge in [0.05, 0.1) is 22.9 Å². The van der Waals surface area contributed by atoms with E-state index in [1.54, 1.807) is 73.1 Å². The minimum absolute atomic E-state index is 0.0441. The van der Waals surface area contributed by atoms with Crippen LogP contribution in [0.25, 0.3) is 16.6 Å². The van der Waals surface area contributed by atoms with E-state index >= 15 is 0 Å². The molecule has 2 aromatic heterocycles. The molecule has 0 aliphatic heterocycles. The Balaban J connectivity index is 1.30. The lowest BCUT2D eigenvalue weighted by molar-refractivity contribution is -0.116. The number of para-hydroxylation sites is 1. The molecule has 228 valence electrons. The van der Waals surface area contributed by atoms with Gasteiger partial charge in [0.2, 0.25) is 5.91 Å². The van der Waals surface area contributed by atoms with Gasteiger partial charge in [0, 0.05) is 27.1 Å². The molecule has 45 heavy (non-hydrogen) atoms. The number of nitrogens with one attached hydrogen (secondary N) is 3. The van der Waals surface area contributed by atoms with E-state index in [1.165, 1.54) is 23.1 Å². The van der Waals surface area contributed by atoms with Gasteiger partial charge in [0.15, 0.2) is 5.13 Å². The summed E-state index contributed by atoms with van der Waals surface area (Å²) in [5, 5.41) is 12.7. The van der Waals surface area contributed by atoms with E-state index in [0.717, 1.165) is 15.5 Å². The lowest BCUT2D eigenvalue weighted by Crippen LogP contribution is -2.30. The minimum atomic E-state index is -0.512. The summed E-state index contributed by atoms with van der Waals surface area (Å²) in [6.45, 7) is 1.95. The summed E-state index contributed by atoms with van der Waals surface area (Å²) in [7, 11) is 1.54. The zero-order chi connectivity index (χ0) is 31.6. The molecule has 1 unspecified atom stereocenters. The zero-order valence-electron chi connectivity index (χ0n) is 24.5. The second kappa shape index (κ2) is 15.3. The van der Waals surface area contributed by atoms with Crippen molar-refractivity contribution < 1.29 is 19.1 Å². The van der Waals surface area contributed by atoms with Crippen molar-refractivity contribution in [3.8, 4) is 16.3 Å². The van der Waals surface area contributed by atoms with E-state index in [0.29, 0.717) is 34.1 Å². The molecule has 0 aliphatic carbocycles. The Hall–Kier alpha value is -4.71. The molecule has 5 rings (SSSR count). The standard InChI is InChI=1S/C34H30N4O4S3/c1-3-29(33(41)38-34-37-27(21-44-34)30-17-10-18-43-30)45-25-15-9-14-24(20-25)35-32(40)26(19-23-13-7-8-16-28(23)42-2)36-31(39)22-11-5-4-6-12-22/h4-21,29H,3H2,1-2H3,(H,35,40)(H,36,39)(H,37,38,41)/b26-19+. The predicted octanol–water partition coefficient (Wildman–Crippen LogP) is 7.80. The molecule has 1 atom stereocenters. The number of hydrogen-bond acceptors (Lipinski definition) is 8. The number of carbonyl (C=O) groups is 3. The summed E-state index contributed by atoms with van der Waals surface area (Å²) in [4.78, 5) is 46.1. The van der Waals surface area contributed by atoms with E-state index in [9.17, 15) is 14.4 Å². The van der Waals surface area contributed by atoms with Gasteiger partial charge in [-0.3, -0.25) is 14.4 Å². The summed E-state index contributed by atoms with van der Waals surface area (Å²) in [5.74, 6) is -0.521. The Labute approximate surface area is 273 Å². The second-order valence-electron chi connectivity index (χ2n) is 9.62. The van der Waals surface area contributed by atoms with Gasteiger partial charge in [-0.25, -0.2) is 4.98 Å². The van der Waals surface area contributed by atoms with Crippen LogP contribution in [0.5, 0.6) is 5.75 Å². The van der Waals surface area contributed by atoms with E-state index < -0.39 is 11.8 Å². The van der Waals surface area contributed by atoms with Gasteiger partial charge in [-0.05, 0) is 60.3 Å². The maximum Gasteiger partial charge on any atom is 0.272 e. The molecule has 0 saturated carbocycles. The maximum absolute atomic E-state index is 13.6. The number of carbonyl (C=O) groups excluding carboxylic acids is 3. The number of thioether (sulfide) groups is 1. The molecule has 2 heterocycles. The van der Waals surface area contributed by atoms with Crippen molar-refractivity contribution in [2.45, 2.75) is 23.5 Å². The van der Waals surface area contributed by atoms with E-state index in [4.69, 9.17) is 4.74 Å². The molecule has 0 bridgehead atoms. The fourth-order valence-electron chi connectivity index (χ4n) is 4.27. The fraction of sp³-hybridized carbons (Fsp3) is 0.118. The van der Waals surface area contributed by atoms with E-state index in [2.05, 4.69) is 20.9 Å². The van der Waals surface area contributed by atoms with Crippen LogP contribution in [-0.2, 0) is 9.59 Å². The van der Waals surface area contributed by atoms with Crippen LogP contribution in [-0.4, -0.2) is 35.1 Å². The molecule has 3 amide bonds. The van der Waals surface area contributed by atoms with Gasteiger partial charge in [0.25, 0.3) is 11.8 Å². The number of nitrogens with zero attached hydrogens (tertiary/aromatic N) is 1. The highest BCUT2D eigenvalue weighted by Crippen LogP contribution is 2.31. The number of hydrogen-bond donors (Lipinski definition) is 3. The van der Waals surface area contributed by atoms with Crippen LogP contribution in [0.3, 0.4) is 0 Å². The Morgan fingerprint density at radius 2 is 1.73 bits per heavy atom. The van der Waals surface area contributed by atoms with Crippen LogP contribution in [0.2, 0.25) is 0 Å². The first-order valence-electron chi connectivity index (χ1n) is 14.0. The van der Waals surface area contributed by atoms with Crippen molar-refractivity contribution in [3.05, 3.63) is 119 Å². The fourth-order valence-corrected chi connectivity index (χ4v) is 6.76. The number of anilines is 2. The first kappa shape index (κ1) is 31.7. The first-order valence-corrected chi connectivity index (χ1v) is 16.7. The number of methoxy groups -OCH3 is 1. The van der Waals surface area contributed by atoms with Crippen LogP contribution < -0.4 is 20.7 Å². The normalized spacial score (nSPS) is 11.8. The highest BCUT2D eigenvalue weighted by molar-refractivity contribution is 8.00. The van der Waals surface area contributed by atoms with Crippen molar-refractivity contribution in [1.29, 1.82) is 0 Å². The van der Waals surface area contributed by atoms with Crippen molar-refractivity contribution in [2.24, 2.45) is 0 Å². The molecule has 0 aliphatic rings. The van der Waals surface area contributed by atoms with Gasteiger partial charge in [-0.1, -0.05) is 55.5 Å². The topological polar surface area (TPSA) is 109 Å². The lowest BCUT2D eigenvalue weighted by atomic mass is 10.1. The number of thiazole rings is 1. The van der Waals surface area contributed by atoms with Crippen LogP contribution >= 0.6 is 34.4 Å². The van der Waals surface area contributed by atoms with Gasteiger partial charge < -0.3 is 20.7 Å².